The topological polar surface area (TPSA) is 0 Å². The largest absolute Gasteiger partial charge is 0.408 e. The fourth-order valence-corrected chi connectivity index (χ4v) is 2.49. The summed E-state index contributed by atoms with van der Waals surface area (Å²) in [4.78, 5) is 0. The normalized spacial score (nSPS) is 22.7. The van der Waals surface area contributed by atoms with Crippen LogP contribution in [-0.2, 0) is 0 Å². The van der Waals surface area contributed by atoms with E-state index in [0.29, 0.717) is 10.9 Å². The van der Waals surface area contributed by atoms with Crippen LogP contribution < -0.4 is 0 Å². The van der Waals surface area contributed by atoms with Gasteiger partial charge in [0.15, 0.2) is 0 Å². The van der Waals surface area contributed by atoms with Crippen LogP contribution in [0.15, 0.2) is 22.7 Å². The van der Waals surface area contributed by atoms with Gasteiger partial charge in [-0.05, 0) is 18.9 Å². The molecule has 1 aliphatic carbocycles. The fourth-order valence-electron chi connectivity index (χ4n) is 1.92. The maximum Gasteiger partial charge on any atom is 0.408 e. The van der Waals surface area contributed by atoms with E-state index in [-0.39, 0.29) is 6.42 Å². The van der Waals surface area contributed by atoms with Gasteiger partial charge in [-0.2, -0.15) is 13.2 Å². The van der Waals surface area contributed by atoms with Crippen molar-refractivity contribution in [1.82, 2.24) is 0 Å². The summed E-state index contributed by atoms with van der Waals surface area (Å²) in [6.07, 6.45) is 4.54. The first-order chi connectivity index (χ1) is 8.91. The molecule has 0 heterocycles. The predicted octanol–water partition coefficient (Wildman–Crippen LogP) is 5.75. The molecule has 1 atom stereocenters. The summed E-state index contributed by atoms with van der Waals surface area (Å²) < 4.78 is 40.0. The first-order valence-corrected chi connectivity index (χ1v) is 7.32. The van der Waals surface area contributed by atoms with Crippen molar-refractivity contribution in [3.63, 3.8) is 0 Å². The van der Waals surface area contributed by atoms with Gasteiger partial charge in [0, 0.05) is 10.9 Å². The van der Waals surface area contributed by atoms with Crippen molar-refractivity contribution >= 4 is 15.9 Å². The molecule has 0 fully saturated rings. The second kappa shape index (κ2) is 7.19. The van der Waals surface area contributed by atoms with Crippen LogP contribution in [0.5, 0.6) is 0 Å². The van der Waals surface area contributed by atoms with E-state index in [1.807, 2.05) is 0 Å². The highest BCUT2D eigenvalue weighted by Crippen LogP contribution is 2.45. The average Bonchev–Trinajstić information content (AvgIpc) is 2.32. The number of hydrogen-bond donors (Lipinski definition) is 0. The molecule has 1 aliphatic rings. The number of allylic oxidation sites excluding steroid dienone is 4. The van der Waals surface area contributed by atoms with Crippen LogP contribution in [0, 0.1) is 17.3 Å². The molecule has 0 saturated carbocycles. The van der Waals surface area contributed by atoms with Gasteiger partial charge in [0.1, 0.15) is 5.41 Å². The van der Waals surface area contributed by atoms with Gasteiger partial charge in [-0.25, -0.2) is 0 Å². The van der Waals surface area contributed by atoms with E-state index in [4.69, 9.17) is 0 Å². The van der Waals surface area contributed by atoms with Crippen molar-refractivity contribution in [1.29, 1.82) is 0 Å². The summed E-state index contributed by atoms with van der Waals surface area (Å²) in [5, 5.41) is 0. The molecule has 19 heavy (non-hydrogen) atoms. The lowest BCUT2D eigenvalue weighted by Crippen LogP contribution is -2.35. The zero-order chi connectivity index (χ0) is 14.4. The van der Waals surface area contributed by atoms with Crippen LogP contribution in [0.1, 0.15) is 45.4 Å². The lowest BCUT2D eigenvalue weighted by molar-refractivity contribution is -0.185. The van der Waals surface area contributed by atoms with Crippen LogP contribution in [-0.4, -0.2) is 6.18 Å². The highest BCUT2D eigenvalue weighted by atomic mass is 79.9. The van der Waals surface area contributed by atoms with Gasteiger partial charge in [-0.1, -0.05) is 60.2 Å². The summed E-state index contributed by atoms with van der Waals surface area (Å²) >= 11 is 3.11. The Morgan fingerprint density at radius 3 is 2.63 bits per heavy atom. The predicted molar refractivity (Wildman–Crippen MR) is 75.8 cm³/mol. The van der Waals surface area contributed by atoms with Crippen LogP contribution in [0.4, 0.5) is 13.2 Å². The molecule has 0 aromatic heterocycles. The number of unbranched alkanes of at least 4 members (excludes halogenated alkanes) is 4. The van der Waals surface area contributed by atoms with E-state index < -0.39 is 11.6 Å². The molecular weight excluding hydrogens is 317 g/mol. The smallest absolute Gasteiger partial charge is 0.169 e. The Balaban J connectivity index is 2.73. The van der Waals surface area contributed by atoms with Crippen molar-refractivity contribution in [2.75, 3.05) is 0 Å². The molecule has 0 spiro atoms. The molecule has 106 valence electrons. The lowest BCUT2D eigenvalue weighted by Gasteiger charge is -2.29. The van der Waals surface area contributed by atoms with Crippen LogP contribution in [0.2, 0.25) is 0 Å². The monoisotopic (exact) mass is 334 g/mol. The summed E-state index contributed by atoms with van der Waals surface area (Å²) in [6, 6.07) is 0. The van der Waals surface area contributed by atoms with E-state index in [0.717, 1.165) is 25.7 Å². The van der Waals surface area contributed by atoms with Gasteiger partial charge in [0.2, 0.25) is 0 Å². The third-order valence-electron chi connectivity index (χ3n) is 3.07. The Bertz CT molecular complexity index is 409. The van der Waals surface area contributed by atoms with Crippen molar-refractivity contribution in [2.24, 2.45) is 5.41 Å². The number of halogens is 4. The second-order valence-electron chi connectivity index (χ2n) is 4.72. The van der Waals surface area contributed by atoms with Crippen LogP contribution >= 0.6 is 15.9 Å². The first-order valence-electron chi connectivity index (χ1n) is 6.53. The van der Waals surface area contributed by atoms with E-state index in [1.54, 1.807) is 6.08 Å². The molecule has 0 amide bonds. The number of alkyl halides is 3. The molecule has 0 aliphatic heterocycles. The SMILES string of the molecule is CCCCCCC#CC1(C(F)(F)F)C=C(Br)C=CC1. The van der Waals surface area contributed by atoms with E-state index >= 15 is 0 Å². The molecule has 0 N–H and O–H groups in total. The van der Waals surface area contributed by atoms with Crippen molar-refractivity contribution in [2.45, 2.75) is 51.6 Å². The maximum atomic E-state index is 13.2. The quantitative estimate of drug-likeness (QED) is 0.453. The zero-order valence-electron chi connectivity index (χ0n) is 11.0. The third-order valence-corrected chi connectivity index (χ3v) is 3.57. The minimum Gasteiger partial charge on any atom is -0.169 e. The standard InChI is InChI=1S/C15H18BrF3/c1-2-3-4-5-6-7-10-14(15(17,18)19)11-8-9-13(16)12-14/h8-9,12H,2-6,11H2,1H3. The van der Waals surface area contributed by atoms with E-state index in [9.17, 15) is 13.2 Å². The Labute approximate surface area is 121 Å². The molecule has 1 rings (SSSR count). The molecule has 0 radical (unpaired) electrons. The highest BCUT2D eigenvalue weighted by Gasteiger charge is 2.52. The van der Waals surface area contributed by atoms with Gasteiger partial charge in [-0.15, -0.1) is 5.92 Å². The summed E-state index contributed by atoms with van der Waals surface area (Å²) in [5.41, 5.74) is -2.02. The minimum absolute atomic E-state index is 0.104. The van der Waals surface area contributed by atoms with Gasteiger partial charge in [-0.3, -0.25) is 0 Å². The molecule has 0 nitrogen and oxygen atoms in total. The third kappa shape index (κ3) is 4.72. The summed E-state index contributed by atoms with van der Waals surface area (Å²) in [6.45, 7) is 2.10. The Hall–Kier alpha value is -0.690. The maximum absolute atomic E-state index is 13.2. The molecule has 4 heteroatoms. The van der Waals surface area contributed by atoms with Gasteiger partial charge < -0.3 is 0 Å². The summed E-state index contributed by atoms with van der Waals surface area (Å²) in [7, 11) is 0. The van der Waals surface area contributed by atoms with E-state index in [2.05, 4.69) is 34.7 Å². The van der Waals surface area contributed by atoms with Gasteiger partial charge >= 0.3 is 6.18 Å². The molecular formula is C15H18BrF3. The van der Waals surface area contributed by atoms with E-state index in [1.165, 1.54) is 12.2 Å². The Kier molecular flexibility index (Phi) is 6.19. The highest BCUT2D eigenvalue weighted by molar-refractivity contribution is 9.11. The zero-order valence-corrected chi connectivity index (χ0v) is 12.6. The lowest BCUT2D eigenvalue weighted by atomic mass is 9.81. The molecule has 0 aromatic carbocycles. The summed E-state index contributed by atoms with van der Waals surface area (Å²) in [5.74, 6) is 5.16. The Morgan fingerprint density at radius 1 is 1.32 bits per heavy atom. The number of rotatable bonds is 4. The molecule has 0 saturated heterocycles. The second-order valence-corrected chi connectivity index (χ2v) is 5.63. The van der Waals surface area contributed by atoms with Crippen LogP contribution in [0.25, 0.3) is 0 Å². The molecule has 0 aromatic rings. The molecule has 0 bridgehead atoms. The van der Waals surface area contributed by atoms with Crippen LogP contribution in [0.3, 0.4) is 0 Å². The van der Waals surface area contributed by atoms with Crippen molar-refractivity contribution in [3.05, 3.63) is 22.7 Å². The minimum atomic E-state index is -4.34. The fraction of sp³-hybridized carbons (Fsp3) is 0.600. The average molecular weight is 335 g/mol. The van der Waals surface area contributed by atoms with Crippen molar-refractivity contribution in [3.8, 4) is 11.8 Å². The van der Waals surface area contributed by atoms with Crippen molar-refractivity contribution < 1.29 is 13.2 Å². The van der Waals surface area contributed by atoms with Gasteiger partial charge in [0.25, 0.3) is 0 Å². The molecule has 1 unspecified atom stereocenters. The first kappa shape index (κ1) is 16.4. The number of hydrogen-bond acceptors (Lipinski definition) is 0. The Morgan fingerprint density at radius 2 is 2.05 bits per heavy atom. The van der Waals surface area contributed by atoms with Gasteiger partial charge in [0.05, 0.1) is 0 Å².